The fourth-order valence-electron chi connectivity index (χ4n) is 4.07. The molecule has 0 saturated heterocycles. The van der Waals surface area contributed by atoms with Crippen LogP contribution in [0.3, 0.4) is 0 Å². The first-order valence-corrected chi connectivity index (χ1v) is 12.0. The Hall–Kier alpha value is -3.52. The summed E-state index contributed by atoms with van der Waals surface area (Å²) in [6, 6.07) is 34.2. The van der Waals surface area contributed by atoms with Gasteiger partial charge < -0.3 is 10.3 Å². The van der Waals surface area contributed by atoms with E-state index >= 15 is 0 Å². The van der Waals surface area contributed by atoms with Crippen LogP contribution >= 0.6 is 0 Å². The van der Waals surface area contributed by atoms with E-state index < -0.39 is 0 Å². The number of para-hydroxylation sites is 2. The minimum absolute atomic E-state index is 0.201. The minimum atomic E-state index is 0.201. The van der Waals surface area contributed by atoms with Crippen molar-refractivity contribution in [1.29, 1.82) is 0 Å². The maximum Gasteiger partial charge on any atom is 0.0464 e. The van der Waals surface area contributed by atoms with Crippen molar-refractivity contribution in [2.45, 2.75) is 52.4 Å². The van der Waals surface area contributed by atoms with E-state index in [2.05, 4.69) is 149 Å². The molecule has 0 aliphatic rings. The molecular formula is C32H36N2. The Morgan fingerprint density at radius 2 is 0.824 bits per heavy atom. The summed E-state index contributed by atoms with van der Waals surface area (Å²) in [5.74, 6) is 0. The number of hydrogen-bond acceptors (Lipinski definition) is 1. The van der Waals surface area contributed by atoms with Gasteiger partial charge in [-0.2, -0.15) is 0 Å². The lowest BCUT2D eigenvalue weighted by Crippen LogP contribution is -2.11. The molecule has 2 N–H and O–H groups in total. The van der Waals surface area contributed by atoms with Gasteiger partial charge in [0.15, 0.2) is 0 Å². The van der Waals surface area contributed by atoms with Crippen LogP contribution in [0, 0.1) is 0 Å². The number of fused-ring (bicyclic) bond motifs is 3. The molecule has 0 atom stereocenters. The van der Waals surface area contributed by atoms with Crippen molar-refractivity contribution < 1.29 is 0 Å². The molecule has 2 nitrogen and oxygen atoms in total. The third kappa shape index (κ3) is 5.51. The highest BCUT2D eigenvalue weighted by Crippen LogP contribution is 2.27. The highest BCUT2D eigenvalue weighted by atomic mass is 14.9. The second kappa shape index (κ2) is 9.38. The third-order valence-electron chi connectivity index (χ3n) is 6.20. The van der Waals surface area contributed by atoms with Crippen LogP contribution in [-0.2, 0) is 10.8 Å². The predicted molar refractivity (Wildman–Crippen MR) is 149 cm³/mol. The number of aromatic amines is 1. The van der Waals surface area contributed by atoms with Crippen molar-refractivity contribution >= 4 is 33.2 Å². The molecule has 0 amide bonds. The summed E-state index contributed by atoms with van der Waals surface area (Å²) >= 11 is 0. The van der Waals surface area contributed by atoms with Gasteiger partial charge in [0.05, 0.1) is 0 Å². The molecule has 0 aliphatic carbocycles. The summed E-state index contributed by atoms with van der Waals surface area (Å²) in [5.41, 5.74) is 7.80. The molecule has 1 aromatic heterocycles. The quantitative estimate of drug-likeness (QED) is 0.276. The summed E-state index contributed by atoms with van der Waals surface area (Å²) < 4.78 is 0. The zero-order chi connectivity index (χ0) is 24.3. The summed E-state index contributed by atoms with van der Waals surface area (Å²) in [5, 5.41) is 6.07. The van der Waals surface area contributed by atoms with E-state index in [4.69, 9.17) is 0 Å². The maximum absolute atomic E-state index is 3.46. The zero-order valence-electron chi connectivity index (χ0n) is 21.2. The Bertz CT molecular complexity index is 1250. The van der Waals surface area contributed by atoms with E-state index in [-0.39, 0.29) is 10.8 Å². The Balaban J connectivity index is 0.000000178. The molecule has 0 aliphatic heterocycles. The minimum Gasteiger partial charge on any atom is -0.356 e. The van der Waals surface area contributed by atoms with Gasteiger partial charge in [0, 0.05) is 33.2 Å². The highest BCUT2D eigenvalue weighted by Gasteiger charge is 2.14. The number of aromatic nitrogens is 1. The molecule has 5 rings (SSSR count). The predicted octanol–water partition coefficient (Wildman–Crippen LogP) is 9.35. The topological polar surface area (TPSA) is 27.8 Å². The fraction of sp³-hybridized carbons (Fsp3) is 0.250. The zero-order valence-corrected chi connectivity index (χ0v) is 21.2. The van der Waals surface area contributed by atoms with Crippen molar-refractivity contribution in [3.63, 3.8) is 0 Å². The van der Waals surface area contributed by atoms with Crippen molar-refractivity contribution in [3.8, 4) is 0 Å². The van der Waals surface area contributed by atoms with E-state index in [9.17, 15) is 0 Å². The summed E-state index contributed by atoms with van der Waals surface area (Å²) in [6.07, 6.45) is 0. The van der Waals surface area contributed by atoms with Crippen molar-refractivity contribution in [3.05, 3.63) is 108 Å². The van der Waals surface area contributed by atoms with Crippen molar-refractivity contribution in [2.24, 2.45) is 0 Å². The highest BCUT2D eigenvalue weighted by molar-refractivity contribution is 6.06. The van der Waals surface area contributed by atoms with Crippen LogP contribution in [0.25, 0.3) is 21.8 Å². The number of hydrogen-bond donors (Lipinski definition) is 2. The normalized spacial score (nSPS) is 11.8. The Morgan fingerprint density at radius 3 is 1.18 bits per heavy atom. The lowest BCUT2D eigenvalue weighted by Gasteiger charge is -2.20. The molecule has 34 heavy (non-hydrogen) atoms. The molecule has 0 spiro atoms. The van der Waals surface area contributed by atoms with Crippen LogP contribution in [-0.4, -0.2) is 4.98 Å². The summed E-state index contributed by atoms with van der Waals surface area (Å²) in [4.78, 5) is 3.38. The monoisotopic (exact) mass is 448 g/mol. The van der Waals surface area contributed by atoms with Gasteiger partial charge in [-0.1, -0.05) is 102 Å². The van der Waals surface area contributed by atoms with Gasteiger partial charge in [-0.3, -0.25) is 0 Å². The van der Waals surface area contributed by atoms with E-state index in [0.717, 1.165) is 11.4 Å². The van der Waals surface area contributed by atoms with Crippen LogP contribution in [0.1, 0.15) is 52.7 Å². The first-order valence-electron chi connectivity index (χ1n) is 12.0. The average molecular weight is 449 g/mol. The number of anilines is 2. The summed E-state index contributed by atoms with van der Waals surface area (Å²) in [7, 11) is 0. The Kier molecular flexibility index (Phi) is 6.52. The first-order chi connectivity index (χ1) is 16.1. The second-order valence-electron chi connectivity index (χ2n) is 11.0. The van der Waals surface area contributed by atoms with Crippen molar-refractivity contribution in [1.82, 2.24) is 4.98 Å². The van der Waals surface area contributed by atoms with E-state index in [0.29, 0.717) is 0 Å². The lowest BCUT2D eigenvalue weighted by molar-refractivity contribution is 0.590. The summed E-state index contributed by atoms with van der Waals surface area (Å²) in [6.45, 7) is 13.4. The van der Waals surface area contributed by atoms with Gasteiger partial charge in [-0.05, 0) is 58.4 Å². The molecule has 0 bridgehead atoms. The fourth-order valence-corrected chi connectivity index (χ4v) is 4.07. The molecule has 1 heterocycles. The van der Waals surface area contributed by atoms with Gasteiger partial charge in [0.1, 0.15) is 0 Å². The van der Waals surface area contributed by atoms with E-state index in [1.165, 1.54) is 32.9 Å². The molecule has 174 valence electrons. The van der Waals surface area contributed by atoms with Gasteiger partial charge in [-0.25, -0.2) is 0 Å². The van der Waals surface area contributed by atoms with Crippen LogP contribution in [0.5, 0.6) is 0 Å². The Labute approximate surface area is 204 Å². The molecule has 0 fully saturated rings. The van der Waals surface area contributed by atoms with Crippen LogP contribution < -0.4 is 5.32 Å². The molecular weight excluding hydrogens is 412 g/mol. The van der Waals surface area contributed by atoms with Gasteiger partial charge >= 0.3 is 0 Å². The molecule has 0 unspecified atom stereocenters. The molecule has 5 aromatic rings. The second-order valence-corrected chi connectivity index (χ2v) is 11.0. The SMILES string of the molecule is CC(C)(C)c1ccc(Nc2ccc(C(C)(C)C)cc2)cc1.c1ccc2c(c1)[nH]c1ccccc12. The number of H-pyrrole nitrogens is 1. The largest absolute Gasteiger partial charge is 0.356 e. The van der Waals surface area contributed by atoms with Gasteiger partial charge in [-0.15, -0.1) is 0 Å². The standard InChI is InChI=1S/C20H27N.C12H9N/c1-19(2,3)15-7-11-17(12-8-15)21-18-13-9-16(10-14-18)20(4,5)6;1-3-7-11-9(5-1)10-6-2-4-8-12(10)13-11/h7-14,21H,1-6H3;1-8,13H. The van der Waals surface area contributed by atoms with Gasteiger partial charge in [0.2, 0.25) is 0 Å². The Morgan fingerprint density at radius 1 is 0.471 bits per heavy atom. The first kappa shape index (κ1) is 23.6. The smallest absolute Gasteiger partial charge is 0.0464 e. The van der Waals surface area contributed by atoms with Gasteiger partial charge in [0.25, 0.3) is 0 Å². The number of benzene rings is 4. The molecule has 0 saturated carbocycles. The number of rotatable bonds is 2. The average Bonchev–Trinajstić information content (AvgIpc) is 3.18. The van der Waals surface area contributed by atoms with Crippen LogP contribution in [0.4, 0.5) is 11.4 Å². The van der Waals surface area contributed by atoms with Crippen molar-refractivity contribution in [2.75, 3.05) is 5.32 Å². The third-order valence-corrected chi connectivity index (χ3v) is 6.20. The van der Waals surface area contributed by atoms with E-state index in [1.54, 1.807) is 0 Å². The molecule has 2 heteroatoms. The lowest BCUT2D eigenvalue weighted by atomic mass is 9.87. The number of nitrogens with one attached hydrogen (secondary N) is 2. The van der Waals surface area contributed by atoms with E-state index in [1.807, 2.05) is 0 Å². The molecule has 4 aromatic carbocycles. The van der Waals surface area contributed by atoms with Crippen LogP contribution in [0.15, 0.2) is 97.1 Å². The molecule has 0 radical (unpaired) electrons. The maximum atomic E-state index is 3.46. The van der Waals surface area contributed by atoms with Crippen LogP contribution in [0.2, 0.25) is 0 Å².